The van der Waals surface area contributed by atoms with Crippen molar-refractivity contribution >= 4 is 26.6 Å². The van der Waals surface area contributed by atoms with Crippen LogP contribution in [0.2, 0.25) is 0 Å². The average Bonchev–Trinajstić information content (AvgIpc) is 2.90. The normalized spacial score (nSPS) is 19.3. The predicted molar refractivity (Wildman–Crippen MR) is 94.8 cm³/mol. The highest BCUT2D eigenvalue weighted by atomic mass is 32.2. The highest BCUT2D eigenvalue weighted by molar-refractivity contribution is 7.91. The number of aromatic nitrogens is 1. The van der Waals surface area contributed by atoms with Gasteiger partial charge in [-0.05, 0) is 25.5 Å². The van der Waals surface area contributed by atoms with Crippen molar-refractivity contribution in [1.82, 2.24) is 9.88 Å². The standard InChI is InChI=1S/C18H20N2O3S/c1-3-9-20(14-8-10-24(22,23)12-14)18(21)16-11-13(2)19-17-7-5-4-6-15(16)17/h3-7,11,14H,1,8-10,12H2,2H3/t14-/m0/s1. The van der Waals surface area contributed by atoms with Crippen LogP contribution in [0.15, 0.2) is 43.0 Å². The van der Waals surface area contributed by atoms with Crippen LogP contribution in [0.25, 0.3) is 10.9 Å². The maximum Gasteiger partial charge on any atom is 0.255 e. The van der Waals surface area contributed by atoms with Crippen LogP contribution < -0.4 is 0 Å². The van der Waals surface area contributed by atoms with Gasteiger partial charge in [0.05, 0.1) is 22.6 Å². The third-order valence-corrected chi connectivity index (χ3v) is 6.06. The van der Waals surface area contributed by atoms with Crippen molar-refractivity contribution in [3.8, 4) is 0 Å². The van der Waals surface area contributed by atoms with Gasteiger partial charge >= 0.3 is 0 Å². The fourth-order valence-corrected chi connectivity index (χ4v) is 4.93. The predicted octanol–water partition coefficient (Wildman–Crippen LogP) is 2.36. The van der Waals surface area contributed by atoms with E-state index in [0.717, 1.165) is 16.6 Å². The Hall–Kier alpha value is -2.21. The van der Waals surface area contributed by atoms with Crippen LogP contribution >= 0.6 is 0 Å². The van der Waals surface area contributed by atoms with Gasteiger partial charge < -0.3 is 4.90 Å². The molecule has 0 aliphatic carbocycles. The SMILES string of the molecule is C=CCN(C(=O)c1cc(C)nc2ccccc12)[C@H]1CCS(=O)(=O)C1. The van der Waals surface area contributed by atoms with E-state index in [1.807, 2.05) is 31.2 Å². The van der Waals surface area contributed by atoms with E-state index in [1.54, 1.807) is 17.0 Å². The lowest BCUT2D eigenvalue weighted by Crippen LogP contribution is -2.41. The number of pyridine rings is 1. The number of rotatable bonds is 4. The van der Waals surface area contributed by atoms with E-state index >= 15 is 0 Å². The molecule has 0 bridgehead atoms. The minimum absolute atomic E-state index is 0.0224. The van der Waals surface area contributed by atoms with Crippen molar-refractivity contribution in [3.05, 3.63) is 54.2 Å². The summed E-state index contributed by atoms with van der Waals surface area (Å²) >= 11 is 0. The molecule has 126 valence electrons. The van der Waals surface area contributed by atoms with Gasteiger partial charge in [-0.25, -0.2) is 8.42 Å². The van der Waals surface area contributed by atoms with E-state index in [0.29, 0.717) is 18.5 Å². The van der Waals surface area contributed by atoms with Crippen molar-refractivity contribution in [2.45, 2.75) is 19.4 Å². The number of para-hydroxylation sites is 1. The summed E-state index contributed by atoms with van der Waals surface area (Å²) in [6.07, 6.45) is 2.11. The number of benzene rings is 1. The summed E-state index contributed by atoms with van der Waals surface area (Å²) in [5.41, 5.74) is 2.08. The average molecular weight is 344 g/mol. The number of sulfone groups is 1. The lowest BCUT2D eigenvalue weighted by molar-refractivity contribution is 0.0722. The van der Waals surface area contributed by atoms with Crippen molar-refractivity contribution in [3.63, 3.8) is 0 Å². The molecule has 0 unspecified atom stereocenters. The Labute approximate surface area is 141 Å². The van der Waals surface area contributed by atoms with Crippen molar-refractivity contribution in [2.24, 2.45) is 0 Å². The molecule has 1 aromatic heterocycles. The maximum atomic E-state index is 13.2. The number of aryl methyl sites for hydroxylation is 1. The van der Waals surface area contributed by atoms with E-state index in [4.69, 9.17) is 0 Å². The van der Waals surface area contributed by atoms with Crippen LogP contribution in [0, 0.1) is 6.92 Å². The van der Waals surface area contributed by atoms with Gasteiger partial charge in [0, 0.05) is 23.7 Å². The zero-order valence-corrected chi connectivity index (χ0v) is 14.4. The minimum Gasteiger partial charge on any atom is -0.331 e. The molecule has 1 aliphatic heterocycles. The second-order valence-electron chi connectivity index (χ2n) is 6.13. The Morgan fingerprint density at radius 1 is 1.42 bits per heavy atom. The fourth-order valence-electron chi connectivity index (χ4n) is 3.20. The Morgan fingerprint density at radius 2 is 2.17 bits per heavy atom. The number of carbonyl (C=O) groups is 1. The molecule has 24 heavy (non-hydrogen) atoms. The summed E-state index contributed by atoms with van der Waals surface area (Å²) < 4.78 is 23.6. The van der Waals surface area contributed by atoms with Gasteiger partial charge in [0.25, 0.3) is 5.91 Å². The summed E-state index contributed by atoms with van der Waals surface area (Å²) in [7, 11) is -3.07. The molecule has 1 aliphatic rings. The first-order valence-corrected chi connectivity index (χ1v) is 9.72. The highest BCUT2D eigenvalue weighted by Gasteiger charge is 2.34. The third-order valence-electron chi connectivity index (χ3n) is 4.31. The summed E-state index contributed by atoms with van der Waals surface area (Å²) in [6, 6.07) is 8.96. The molecule has 6 heteroatoms. The molecular formula is C18H20N2O3S. The topological polar surface area (TPSA) is 67.3 Å². The summed E-state index contributed by atoms with van der Waals surface area (Å²) in [5.74, 6) is -0.0118. The van der Waals surface area contributed by atoms with Crippen molar-refractivity contribution in [2.75, 3.05) is 18.1 Å². The molecule has 1 atom stereocenters. The number of fused-ring (bicyclic) bond motifs is 1. The quantitative estimate of drug-likeness (QED) is 0.799. The first-order valence-electron chi connectivity index (χ1n) is 7.90. The summed E-state index contributed by atoms with van der Waals surface area (Å²) in [4.78, 5) is 19.2. The lowest BCUT2D eigenvalue weighted by atomic mass is 10.1. The van der Waals surface area contributed by atoms with Crippen LogP contribution in [-0.2, 0) is 9.84 Å². The number of carbonyl (C=O) groups excluding carboxylic acids is 1. The molecule has 0 saturated carbocycles. The molecule has 1 aromatic carbocycles. The molecule has 0 N–H and O–H groups in total. The molecule has 2 heterocycles. The van der Waals surface area contributed by atoms with Gasteiger partial charge in [-0.3, -0.25) is 9.78 Å². The second-order valence-corrected chi connectivity index (χ2v) is 8.36. The highest BCUT2D eigenvalue weighted by Crippen LogP contribution is 2.24. The molecule has 0 radical (unpaired) electrons. The first kappa shape index (κ1) is 16.6. The molecular weight excluding hydrogens is 324 g/mol. The summed E-state index contributed by atoms with van der Waals surface area (Å²) in [5, 5.41) is 0.781. The number of amides is 1. The van der Waals surface area contributed by atoms with E-state index in [1.165, 1.54) is 0 Å². The van der Waals surface area contributed by atoms with E-state index in [2.05, 4.69) is 11.6 Å². The van der Waals surface area contributed by atoms with Gasteiger partial charge in [-0.1, -0.05) is 24.3 Å². The second kappa shape index (κ2) is 6.36. The summed E-state index contributed by atoms with van der Waals surface area (Å²) in [6.45, 7) is 5.88. The molecule has 5 nitrogen and oxygen atoms in total. The number of hydrogen-bond donors (Lipinski definition) is 0. The van der Waals surface area contributed by atoms with Crippen molar-refractivity contribution in [1.29, 1.82) is 0 Å². The maximum absolute atomic E-state index is 13.2. The van der Waals surface area contributed by atoms with Gasteiger partial charge in [0.2, 0.25) is 0 Å². The Bertz CT molecular complexity index is 906. The first-order chi connectivity index (χ1) is 11.4. The number of hydrogen-bond acceptors (Lipinski definition) is 4. The molecule has 1 fully saturated rings. The van der Waals surface area contributed by atoms with E-state index < -0.39 is 9.84 Å². The number of nitrogens with zero attached hydrogens (tertiary/aromatic N) is 2. The fraction of sp³-hybridized carbons (Fsp3) is 0.333. The van der Waals surface area contributed by atoms with Gasteiger partial charge in [-0.2, -0.15) is 0 Å². The Balaban J connectivity index is 2.04. The van der Waals surface area contributed by atoms with Gasteiger partial charge in [-0.15, -0.1) is 6.58 Å². The van der Waals surface area contributed by atoms with Gasteiger partial charge in [0.1, 0.15) is 0 Å². The molecule has 1 saturated heterocycles. The van der Waals surface area contributed by atoms with Crippen LogP contribution in [0.5, 0.6) is 0 Å². The minimum atomic E-state index is -3.07. The van der Waals surface area contributed by atoms with Crippen LogP contribution in [0.4, 0.5) is 0 Å². The molecule has 3 rings (SSSR count). The Morgan fingerprint density at radius 3 is 2.83 bits per heavy atom. The van der Waals surface area contributed by atoms with Crippen LogP contribution in [0.1, 0.15) is 22.5 Å². The largest absolute Gasteiger partial charge is 0.331 e. The smallest absolute Gasteiger partial charge is 0.255 e. The monoisotopic (exact) mass is 344 g/mol. The van der Waals surface area contributed by atoms with Crippen LogP contribution in [0.3, 0.4) is 0 Å². The molecule has 0 spiro atoms. The molecule has 2 aromatic rings. The van der Waals surface area contributed by atoms with E-state index in [-0.39, 0.29) is 23.5 Å². The molecule has 1 amide bonds. The van der Waals surface area contributed by atoms with Gasteiger partial charge in [0.15, 0.2) is 9.84 Å². The zero-order valence-electron chi connectivity index (χ0n) is 13.6. The lowest BCUT2D eigenvalue weighted by Gasteiger charge is -2.27. The zero-order chi connectivity index (χ0) is 17.3. The third kappa shape index (κ3) is 3.19. The van der Waals surface area contributed by atoms with Crippen LogP contribution in [-0.4, -0.2) is 48.3 Å². The van der Waals surface area contributed by atoms with Crippen molar-refractivity contribution < 1.29 is 13.2 Å². The Kier molecular flexibility index (Phi) is 4.41. The van der Waals surface area contributed by atoms with E-state index in [9.17, 15) is 13.2 Å².